The highest BCUT2D eigenvalue weighted by molar-refractivity contribution is 6.30. The van der Waals surface area contributed by atoms with Crippen molar-refractivity contribution >= 4 is 11.6 Å². The van der Waals surface area contributed by atoms with Crippen LogP contribution in [0.5, 0.6) is 0 Å². The predicted molar refractivity (Wildman–Crippen MR) is 65.1 cm³/mol. The third kappa shape index (κ3) is 3.19. The van der Waals surface area contributed by atoms with Crippen LogP contribution in [0.1, 0.15) is 31.7 Å². The molecule has 1 aliphatic rings. The van der Waals surface area contributed by atoms with Crippen molar-refractivity contribution in [1.82, 2.24) is 5.32 Å². The van der Waals surface area contributed by atoms with Gasteiger partial charge in [-0.05, 0) is 48.9 Å². The predicted octanol–water partition coefficient (Wildman–Crippen LogP) is 3.76. The second-order valence-electron chi connectivity index (χ2n) is 4.77. The summed E-state index contributed by atoms with van der Waals surface area (Å²) in [5.74, 6) is 0.553. The molecule has 0 amide bonds. The lowest BCUT2D eigenvalue weighted by Crippen LogP contribution is -2.25. The molecule has 1 aromatic rings. The minimum Gasteiger partial charge on any atom is -0.310 e. The molecule has 0 spiro atoms. The van der Waals surface area contributed by atoms with Gasteiger partial charge in [0.1, 0.15) is 5.82 Å². The summed E-state index contributed by atoms with van der Waals surface area (Å²) in [6.45, 7) is 2.98. The van der Waals surface area contributed by atoms with E-state index in [1.165, 1.54) is 31.4 Å². The summed E-state index contributed by atoms with van der Waals surface area (Å²) in [6.07, 6.45) is 3.74. The normalized spacial score (nSPS) is 24.9. The lowest BCUT2D eigenvalue weighted by molar-refractivity contribution is 0.501. The molecule has 2 rings (SSSR count). The second-order valence-corrected chi connectivity index (χ2v) is 5.21. The van der Waals surface area contributed by atoms with Gasteiger partial charge < -0.3 is 5.32 Å². The van der Waals surface area contributed by atoms with Gasteiger partial charge in [0.15, 0.2) is 0 Å². The van der Waals surface area contributed by atoms with E-state index in [0.717, 1.165) is 11.5 Å². The van der Waals surface area contributed by atoms with Crippen LogP contribution in [0, 0.1) is 11.7 Å². The van der Waals surface area contributed by atoms with Crippen LogP contribution >= 0.6 is 11.6 Å². The zero-order valence-electron chi connectivity index (χ0n) is 9.47. The standard InChI is InChI=1S/C13H17ClFN/c1-9-2-3-13(4-9)16-8-10-5-11(14)7-12(15)6-10/h5-7,9,13,16H,2-4,8H2,1H3. The van der Waals surface area contributed by atoms with Gasteiger partial charge in [0.05, 0.1) is 0 Å². The summed E-state index contributed by atoms with van der Waals surface area (Å²) in [5, 5.41) is 3.93. The Kier molecular flexibility index (Phi) is 3.82. The minimum absolute atomic E-state index is 0.260. The van der Waals surface area contributed by atoms with E-state index in [0.29, 0.717) is 17.6 Å². The number of hydrogen-bond donors (Lipinski definition) is 1. The first-order valence-corrected chi connectivity index (χ1v) is 6.19. The largest absolute Gasteiger partial charge is 0.310 e. The van der Waals surface area contributed by atoms with E-state index in [4.69, 9.17) is 11.6 Å². The highest BCUT2D eigenvalue weighted by Gasteiger charge is 2.20. The number of halogens is 2. The second kappa shape index (κ2) is 5.15. The van der Waals surface area contributed by atoms with Gasteiger partial charge in [0.25, 0.3) is 0 Å². The fourth-order valence-electron chi connectivity index (χ4n) is 2.37. The van der Waals surface area contributed by atoms with Gasteiger partial charge in [0.2, 0.25) is 0 Å². The van der Waals surface area contributed by atoms with Gasteiger partial charge in [-0.25, -0.2) is 4.39 Å². The number of rotatable bonds is 3. The lowest BCUT2D eigenvalue weighted by Gasteiger charge is -2.12. The van der Waals surface area contributed by atoms with E-state index >= 15 is 0 Å². The quantitative estimate of drug-likeness (QED) is 0.850. The lowest BCUT2D eigenvalue weighted by atomic mass is 10.1. The first kappa shape index (κ1) is 11.9. The molecule has 2 atom stereocenters. The Morgan fingerprint density at radius 3 is 2.81 bits per heavy atom. The van der Waals surface area contributed by atoms with E-state index in [9.17, 15) is 4.39 Å². The highest BCUT2D eigenvalue weighted by atomic mass is 35.5. The molecule has 0 saturated heterocycles. The third-order valence-corrected chi connectivity index (χ3v) is 3.43. The van der Waals surface area contributed by atoms with Crippen molar-refractivity contribution in [1.29, 1.82) is 0 Å². The van der Waals surface area contributed by atoms with Crippen molar-refractivity contribution in [3.05, 3.63) is 34.6 Å². The fraction of sp³-hybridized carbons (Fsp3) is 0.538. The molecular weight excluding hydrogens is 225 g/mol. The van der Waals surface area contributed by atoms with Crippen LogP contribution in [0.2, 0.25) is 5.02 Å². The Balaban J connectivity index is 1.89. The molecule has 88 valence electrons. The maximum absolute atomic E-state index is 13.1. The highest BCUT2D eigenvalue weighted by Crippen LogP contribution is 2.25. The molecule has 0 aliphatic heterocycles. The van der Waals surface area contributed by atoms with Gasteiger partial charge in [-0.2, -0.15) is 0 Å². The van der Waals surface area contributed by atoms with E-state index in [-0.39, 0.29) is 5.82 Å². The number of hydrogen-bond acceptors (Lipinski definition) is 1. The Morgan fingerprint density at radius 2 is 2.19 bits per heavy atom. The molecule has 3 heteroatoms. The van der Waals surface area contributed by atoms with Crippen molar-refractivity contribution in [3.8, 4) is 0 Å². The van der Waals surface area contributed by atoms with Gasteiger partial charge >= 0.3 is 0 Å². The molecule has 1 saturated carbocycles. The van der Waals surface area contributed by atoms with Crippen molar-refractivity contribution in [2.45, 2.75) is 38.8 Å². The van der Waals surface area contributed by atoms with Crippen LogP contribution < -0.4 is 5.32 Å². The molecule has 1 aromatic carbocycles. The molecule has 2 unspecified atom stereocenters. The van der Waals surface area contributed by atoms with Crippen LogP contribution in [0.15, 0.2) is 18.2 Å². The summed E-state index contributed by atoms with van der Waals surface area (Å²) >= 11 is 5.80. The van der Waals surface area contributed by atoms with E-state index in [1.807, 2.05) is 6.07 Å². The molecule has 1 fully saturated rings. The zero-order chi connectivity index (χ0) is 11.5. The average Bonchev–Trinajstić information content (AvgIpc) is 2.60. The topological polar surface area (TPSA) is 12.0 Å². The van der Waals surface area contributed by atoms with Gasteiger partial charge in [-0.1, -0.05) is 18.5 Å². The first-order chi connectivity index (χ1) is 7.63. The minimum atomic E-state index is -0.260. The summed E-state index contributed by atoms with van der Waals surface area (Å²) in [5.41, 5.74) is 0.921. The number of benzene rings is 1. The zero-order valence-corrected chi connectivity index (χ0v) is 10.2. The maximum Gasteiger partial charge on any atom is 0.125 e. The Morgan fingerprint density at radius 1 is 1.38 bits per heavy atom. The van der Waals surface area contributed by atoms with Crippen LogP contribution in [-0.4, -0.2) is 6.04 Å². The summed E-state index contributed by atoms with van der Waals surface area (Å²) in [6, 6.07) is 5.27. The summed E-state index contributed by atoms with van der Waals surface area (Å²) in [4.78, 5) is 0. The van der Waals surface area contributed by atoms with Crippen LogP contribution in [0.4, 0.5) is 4.39 Å². The first-order valence-electron chi connectivity index (χ1n) is 5.82. The molecule has 1 nitrogen and oxygen atoms in total. The van der Waals surface area contributed by atoms with E-state index < -0.39 is 0 Å². The molecule has 1 N–H and O–H groups in total. The summed E-state index contributed by atoms with van der Waals surface area (Å²) in [7, 11) is 0. The SMILES string of the molecule is CC1CCC(NCc2cc(F)cc(Cl)c2)C1. The Bertz CT molecular complexity index is 347. The van der Waals surface area contributed by atoms with Crippen molar-refractivity contribution in [3.63, 3.8) is 0 Å². The smallest absolute Gasteiger partial charge is 0.125 e. The summed E-state index contributed by atoms with van der Waals surface area (Å²) < 4.78 is 13.1. The monoisotopic (exact) mass is 241 g/mol. The Labute approximate surface area is 101 Å². The molecule has 16 heavy (non-hydrogen) atoms. The fourth-order valence-corrected chi connectivity index (χ4v) is 2.61. The molecular formula is C13H17ClFN. The number of nitrogens with one attached hydrogen (secondary N) is 1. The van der Waals surface area contributed by atoms with Crippen molar-refractivity contribution in [2.75, 3.05) is 0 Å². The van der Waals surface area contributed by atoms with Crippen molar-refractivity contribution < 1.29 is 4.39 Å². The molecule has 1 aliphatic carbocycles. The molecule has 0 heterocycles. The van der Waals surface area contributed by atoms with Gasteiger partial charge in [0, 0.05) is 17.6 Å². The van der Waals surface area contributed by atoms with Gasteiger partial charge in [-0.3, -0.25) is 0 Å². The molecule has 0 bridgehead atoms. The molecule has 0 radical (unpaired) electrons. The van der Waals surface area contributed by atoms with Gasteiger partial charge in [-0.15, -0.1) is 0 Å². The van der Waals surface area contributed by atoms with Crippen molar-refractivity contribution in [2.24, 2.45) is 5.92 Å². The van der Waals surface area contributed by atoms with E-state index in [2.05, 4.69) is 12.2 Å². The Hall–Kier alpha value is -0.600. The maximum atomic E-state index is 13.1. The van der Waals surface area contributed by atoms with E-state index in [1.54, 1.807) is 0 Å². The van der Waals surface area contributed by atoms with Crippen LogP contribution in [0.25, 0.3) is 0 Å². The average molecular weight is 242 g/mol. The third-order valence-electron chi connectivity index (χ3n) is 3.21. The molecule has 0 aromatic heterocycles. The van der Waals surface area contributed by atoms with Crippen LogP contribution in [0.3, 0.4) is 0 Å². The van der Waals surface area contributed by atoms with Crippen LogP contribution in [-0.2, 0) is 6.54 Å².